The lowest BCUT2D eigenvalue weighted by Gasteiger charge is -2.01. The van der Waals surface area contributed by atoms with Gasteiger partial charge in [0.2, 0.25) is 5.13 Å². The predicted octanol–water partition coefficient (Wildman–Crippen LogP) is 1.76. The van der Waals surface area contributed by atoms with Crippen molar-refractivity contribution in [1.29, 1.82) is 0 Å². The smallest absolute Gasteiger partial charge is 0.254 e. The highest BCUT2D eigenvalue weighted by atomic mass is 32.1. The lowest BCUT2D eigenvalue weighted by molar-refractivity contribution is -0.123. The van der Waals surface area contributed by atoms with E-state index in [0.29, 0.717) is 11.6 Å². The summed E-state index contributed by atoms with van der Waals surface area (Å²) < 4.78 is 0. The Morgan fingerprint density at radius 1 is 1.37 bits per heavy atom. The molecule has 0 spiro atoms. The van der Waals surface area contributed by atoms with Crippen molar-refractivity contribution in [1.82, 2.24) is 10.2 Å². The van der Waals surface area contributed by atoms with Gasteiger partial charge >= 0.3 is 0 Å². The van der Waals surface area contributed by atoms with Crippen LogP contribution in [0.15, 0.2) is 24.3 Å². The molecule has 0 aliphatic rings. The van der Waals surface area contributed by atoms with E-state index in [1.807, 2.05) is 31.2 Å². The maximum absolute atomic E-state index is 11.3. The molecule has 0 saturated heterocycles. The van der Waals surface area contributed by atoms with E-state index in [-0.39, 0.29) is 0 Å². The zero-order chi connectivity index (χ0) is 13.8. The highest BCUT2D eigenvalue weighted by Gasteiger charge is 2.12. The van der Waals surface area contributed by atoms with Gasteiger partial charge in [0.05, 0.1) is 0 Å². The van der Waals surface area contributed by atoms with E-state index in [9.17, 15) is 4.79 Å². The van der Waals surface area contributed by atoms with Gasteiger partial charge in [0.15, 0.2) is 0 Å². The van der Waals surface area contributed by atoms with E-state index in [0.717, 1.165) is 10.6 Å². The number of nitrogens with one attached hydrogen (secondary N) is 1. The van der Waals surface area contributed by atoms with Gasteiger partial charge in [-0.1, -0.05) is 41.2 Å². The van der Waals surface area contributed by atoms with Crippen LogP contribution in [0.25, 0.3) is 0 Å². The zero-order valence-electron chi connectivity index (χ0n) is 10.8. The number of anilines is 1. The monoisotopic (exact) mass is 277 g/mol. The number of aryl methyl sites for hydroxylation is 1. The molecule has 1 unspecified atom stereocenters. The van der Waals surface area contributed by atoms with Gasteiger partial charge in [0, 0.05) is 6.42 Å². The van der Waals surface area contributed by atoms with Crippen LogP contribution >= 0.6 is 11.3 Å². The molecule has 100 valence electrons. The third-order valence-electron chi connectivity index (χ3n) is 2.55. The van der Waals surface area contributed by atoms with Crippen LogP contribution in [0, 0.1) is 6.92 Å². The summed E-state index contributed by atoms with van der Waals surface area (Å²) in [6, 6.07) is 8.19. The first kappa shape index (κ1) is 13.6. The van der Waals surface area contributed by atoms with E-state index in [1.165, 1.54) is 23.8 Å². The van der Waals surface area contributed by atoms with Gasteiger partial charge in [-0.25, -0.2) is 0 Å². The molecule has 0 bridgehead atoms. The van der Waals surface area contributed by atoms with E-state index in [1.54, 1.807) is 0 Å². The summed E-state index contributed by atoms with van der Waals surface area (Å²) in [5.41, 5.74) is 2.36. The number of amides is 1. The van der Waals surface area contributed by atoms with Crippen LogP contribution in [0.1, 0.15) is 23.1 Å². The number of hydrogen-bond donors (Lipinski definition) is 2. The molecule has 0 saturated carbocycles. The number of benzene rings is 1. The number of carbonyl (C=O) groups is 1. The molecule has 1 amide bonds. The predicted molar refractivity (Wildman–Crippen MR) is 74.2 cm³/mol. The summed E-state index contributed by atoms with van der Waals surface area (Å²) in [6.45, 7) is 3.45. The Balaban J connectivity index is 2.01. The van der Waals surface area contributed by atoms with Crippen molar-refractivity contribution < 1.29 is 9.90 Å². The Bertz CT molecular complexity index is 564. The summed E-state index contributed by atoms with van der Waals surface area (Å²) in [4.78, 5) is 11.3. The van der Waals surface area contributed by atoms with E-state index in [2.05, 4.69) is 15.5 Å². The maximum Gasteiger partial charge on any atom is 0.254 e. The number of aromatic nitrogens is 2. The van der Waals surface area contributed by atoms with E-state index < -0.39 is 12.0 Å². The van der Waals surface area contributed by atoms with Crippen molar-refractivity contribution >= 4 is 22.4 Å². The molecule has 1 atom stereocenters. The molecular formula is C13H15N3O2S. The lowest BCUT2D eigenvalue weighted by atomic mass is 10.1. The molecule has 1 aromatic carbocycles. The first-order valence-corrected chi connectivity index (χ1v) is 6.73. The molecule has 0 aliphatic carbocycles. The summed E-state index contributed by atoms with van der Waals surface area (Å²) in [6.07, 6.45) is -0.368. The first-order chi connectivity index (χ1) is 9.04. The second-order valence-electron chi connectivity index (χ2n) is 4.33. The summed E-state index contributed by atoms with van der Waals surface area (Å²) in [7, 11) is 0. The van der Waals surface area contributed by atoms with Gasteiger partial charge in [0.25, 0.3) is 5.91 Å². The van der Waals surface area contributed by atoms with Crippen LogP contribution in [-0.4, -0.2) is 27.3 Å². The van der Waals surface area contributed by atoms with Crippen LogP contribution in [-0.2, 0) is 11.2 Å². The Kier molecular flexibility index (Phi) is 4.24. The summed E-state index contributed by atoms with van der Waals surface area (Å²) >= 11 is 1.31. The molecule has 1 aromatic heterocycles. The van der Waals surface area contributed by atoms with Crippen LogP contribution in [0.4, 0.5) is 5.13 Å². The SMILES string of the molecule is Cc1ccc(Cc2nnc(NC(=O)C(C)O)s2)cc1. The highest BCUT2D eigenvalue weighted by Crippen LogP contribution is 2.18. The Morgan fingerprint density at radius 3 is 2.68 bits per heavy atom. The van der Waals surface area contributed by atoms with Crippen molar-refractivity contribution in [2.24, 2.45) is 0 Å². The molecule has 0 aliphatic heterocycles. The number of aliphatic hydroxyl groups is 1. The van der Waals surface area contributed by atoms with Crippen molar-refractivity contribution in [2.45, 2.75) is 26.4 Å². The molecule has 0 radical (unpaired) electrons. The van der Waals surface area contributed by atoms with Crippen LogP contribution in [0.2, 0.25) is 0 Å². The standard InChI is InChI=1S/C13H15N3O2S/c1-8-3-5-10(6-4-8)7-11-15-16-13(19-11)14-12(18)9(2)17/h3-6,9,17H,7H2,1-2H3,(H,14,16,18). The number of carbonyl (C=O) groups excluding carboxylic acids is 1. The minimum absolute atomic E-state index is 0.410. The molecule has 0 fully saturated rings. The number of aliphatic hydroxyl groups excluding tert-OH is 1. The molecule has 5 nitrogen and oxygen atoms in total. The van der Waals surface area contributed by atoms with Gasteiger partial charge in [-0.2, -0.15) is 0 Å². The fourth-order valence-corrected chi connectivity index (χ4v) is 2.24. The average Bonchev–Trinajstić information content (AvgIpc) is 2.79. The summed E-state index contributed by atoms with van der Waals surface area (Å²) in [5, 5.41) is 20.7. The molecule has 2 N–H and O–H groups in total. The average molecular weight is 277 g/mol. The zero-order valence-corrected chi connectivity index (χ0v) is 11.6. The first-order valence-electron chi connectivity index (χ1n) is 5.91. The number of rotatable bonds is 4. The fraction of sp³-hybridized carbons (Fsp3) is 0.308. The molecule has 1 heterocycles. The fourth-order valence-electron chi connectivity index (χ4n) is 1.47. The maximum atomic E-state index is 11.3. The third kappa shape index (κ3) is 3.84. The topological polar surface area (TPSA) is 75.1 Å². The normalized spacial score (nSPS) is 12.2. The van der Waals surface area contributed by atoms with Gasteiger partial charge in [-0.15, -0.1) is 10.2 Å². The van der Waals surface area contributed by atoms with Crippen molar-refractivity contribution in [2.75, 3.05) is 5.32 Å². The van der Waals surface area contributed by atoms with Gasteiger partial charge in [-0.3, -0.25) is 10.1 Å². The van der Waals surface area contributed by atoms with Gasteiger partial charge in [0.1, 0.15) is 11.1 Å². The van der Waals surface area contributed by atoms with Crippen molar-refractivity contribution in [3.8, 4) is 0 Å². The minimum Gasteiger partial charge on any atom is -0.384 e. The Morgan fingerprint density at radius 2 is 2.05 bits per heavy atom. The van der Waals surface area contributed by atoms with Gasteiger partial charge in [-0.05, 0) is 19.4 Å². The molecule has 19 heavy (non-hydrogen) atoms. The van der Waals surface area contributed by atoms with E-state index in [4.69, 9.17) is 5.11 Å². The molecule has 2 rings (SSSR count). The minimum atomic E-state index is -1.05. The molecular weight excluding hydrogens is 262 g/mol. The molecule has 2 aromatic rings. The Labute approximate surface area is 115 Å². The van der Waals surface area contributed by atoms with E-state index >= 15 is 0 Å². The van der Waals surface area contributed by atoms with Crippen molar-refractivity contribution in [3.63, 3.8) is 0 Å². The Hall–Kier alpha value is -1.79. The second-order valence-corrected chi connectivity index (χ2v) is 5.39. The van der Waals surface area contributed by atoms with Crippen LogP contribution in [0.3, 0.4) is 0 Å². The quantitative estimate of drug-likeness (QED) is 0.893. The molecule has 6 heteroatoms. The second kappa shape index (κ2) is 5.90. The van der Waals surface area contributed by atoms with Gasteiger partial charge < -0.3 is 5.11 Å². The van der Waals surface area contributed by atoms with Crippen LogP contribution in [0.5, 0.6) is 0 Å². The highest BCUT2D eigenvalue weighted by molar-refractivity contribution is 7.15. The number of hydrogen-bond acceptors (Lipinski definition) is 5. The number of nitrogens with zero attached hydrogens (tertiary/aromatic N) is 2. The van der Waals surface area contributed by atoms with Crippen LogP contribution < -0.4 is 5.32 Å². The summed E-state index contributed by atoms with van der Waals surface area (Å²) in [5.74, 6) is -0.474. The third-order valence-corrected chi connectivity index (χ3v) is 3.39. The largest absolute Gasteiger partial charge is 0.384 e. The lowest BCUT2D eigenvalue weighted by Crippen LogP contribution is -2.24. The van der Waals surface area contributed by atoms with Crippen molar-refractivity contribution in [3.05, 3.63) is 40.4 Å².